The molecule has 1 N–H and O–H groups in total. The summed E-state index contributed by atoms with van der Waals surface area (Å²) < 4.78 is 13.0. The van der Waals surface area contributed by atoms with Crippen molar-refractivity contribution in [3.8, 4) is 11.5 Å². The van der Waals surface area contributed by atoms with Gasteiger partial charge in [-0.2, -0.15) is 0 Å². The molecule has 0 bridgehead atoms. The van der Waals surface area contributed by atoms with Crippen LogP contribution in [0.15, 0.2) is 36.4 Å². The van der Waals surface area contributed by atoms with E-state index >= 15 is 0 Å². The van der Waals surface area contributed by atoms with Crippen LogP contribution < -0.4 is 14.4 Å². The molecule has 0 saturated heterocycles. The molecular weight excluding hydrogens is 452 g/mol. The second-order valence-corrected chi connectivity index (χ2v) is 8.46. The molecular formula is C22H28BrN2O3S+. The maximum Gasteiger partial charge on any atom is 0.316 e. The van der Waals surface area contributed by atoms with Gasteiger partial charge in [0.2, 0.25) is 0 Å². The average molecular weight is 480 g/mol. The number of methoxy groups -OCH3 is 2. The number of β-amino-alcohol motifs (C(OH)–C–C–N with tert-alkyl or cyclic N) is 1. The van der Waals surface area contributed by atoms with Crippen molar-refractivity contribution in [2.24, 2.45) is 0 Å². The van der Waals surface area contributed by atoms with E-state index in [0.29, 0.717) is 18.0 Å². The van der Waals surface area contributed by atoms with Crippen LogP contribution in [0.4, 0.5) is 5.69 Å². The van der Waals surface area contributed by atoms with Crippen LogP contribution in [0.25, 0.3) is 0 Å². The minimum absolute atomic E-state index is 0. The van der Waals surface area contributed by atoms with E-state index in [1.807, 2.05) is 30.0 Å². The SMILES string of the molecule is Br.COc1ccc(C2(O)CN(c3cc(C)ccc3C)C3=[N+]2CCCS3)cc1OC. The normalized spacial score (nSPS) is 20.9. The number of halogens is 1. The molecule has 0 fully saturated rings. The highest BCUT2D eigenvalue weighted by Gasteiger charge is 2.53. The van der Waals surface area contributed by atoms with Crippen molar-refractivity contribution in [1.82, 2.24) is 0 Å². The number of amidine groups is 1. The number of nitrogens with zero attached hydrogens (tertiary/aromatic N) is 2. The van der Waals surface area contributed by atoms with Crippen molar-refractivity contribution in [3.63, 3.8) is 0 Å². The first-order valence-corrected chi connectivity index (χ1v) is 10.5. The lowest BCUT2D eigenvalue weighted by atomic mass is 10.0. The van der Waals surface area contributed by atoms with Gasteiger partial charge in [0.1, 0.15) is 5.69 Å². The molecule has 0 radical (unpaired) electrons. The molecule has 29 heavy (non-hydrogen) atoms. The summed E-state index contributed by atoms with van der Waals surface area (Å²) in [4.78, 5) is 2.27. The molecule has 0 saturated carbocycles. The number of hydrogen-bond acceptors (Lipinski definition) is 5. The van der Waals surface area contributed by atoms with Crippen molar-refractivity contribution >= 4 is 39.6 Å². The van der Waals surface area contributed by atoms with Gasteiger partial charge < -0.3 is 14.6 Å². The number of benzene rings is 2. The third-order valence-corrected chi connectivity index (χ3v) is 6.74. The Morgan fingerprint density at radius 3 is 2.55 bits per heavy atom. The van der Waals surface area contributed by atoms with Gasteiger partial charge >= 0.3 is 5.17 Å². The molecule has 5 nitrogen and oxygen atoms in total. The van der Waals surface area contributed by atoms with Crippen molar-refractivity contribution < 1.29 is 19.2 Å². The number of aliphatic hydroxyl groups is 1. The molecule has 1 atom stereocenters. The van der Waals surface area contributed by atoms with Crippen LogP contribution in [0.1, 0.15) is 23.1 Å². The summed E-state index contributed by atoms with van der Waals surface area (Å²) in [7, 11) is 3.24. The number of anilines is 1. The Bertz CT molecular complexity index is 950. The largest absolute Gasteiger partial charge is 0.493 e. The molecule has 0 aliphatic carbocycles. The van der Waals surface area contributed by atoms with Crippen molar-refractivity contribution in [3.05, 3.63) is 53.1 Å². The number of ether oxygens (including phenoxy) is 2. The van der Waals surface area contributed by atoms with Crippen LogP contribution >= 0.6 is 28.7 Å². The van der Waals surface area contributed by atoms with Crippen LogP contribution in [-0.4, -0.2) is 47.9 Å². The van der Waals surface area contributed by atoms with Gasteiger partial charge in [-0.3, -0.25) is 0 Å². The molecule has 1 unspecified atom stereocenters. The number of hydrogen-bond donors (Lipinski definition) is 1. The Labute approximate surface area is 187 Å². The third kappa shape index (κ3) is 3.76. The Hall–Kier alpha value is -1.70. The quantitative estimate of drug-likeness (QED) is 0.669. The molecule has 4 rings (SSSR count). The summed E-state index contributed by atoms with van der Waals surface area (Å²) in [6.07, 6.45) is 1.05. The minimum Gasteiger partial charge on any atom is -0.493 e. The topological polar surface area (TPSA) is 44.9 Å². The van der Waals surface area contributed by atoms with E-state index in [-0.39, 0.29) is 17.0 Å². The van der Waals surface area contributed by atoms with E-state index in [9.17, 15) is 5.11 Å². The molecule has 2 heterocycles. The smallest absolute Gasteiger partial charge is 0.316 e. The highest BCUT2D eigenvalue weighted by molar-refractivity contribution is 8.93. The zero-order valence-electron chi connectivity index (χ0n) is 17.3. The Morgan fingerprint density at radius 1 is 1.07 bits per heavy atom. The molecule has 7 heteroatoms. The number of aryl methyl sites for hydroxylation is 2. The molecule has 0 spiro atoms. The summed E-state index contributed by atoms with van der Waals surface area (Å²) in [6, 6.07) is 12.2. The second kappa shape index (κ2) is 8.58. The van der Waals surface area contributed by atoms with Gasteiger partial charge in [-0.1, -0.05) is 12.1 Å². The van der Waals surface area contributed by atoms with Crippen LogP contribution in [0.5, 0.6) is 11.5 Å². The van der Waals surface area contributed by atoms with Gasteiger partial charge in [-0.15, -0.1) is 17.0 Å². The second-order valence-electron chi connectivity index (χ2n) is 7.40. The Kier molecular flexibility index (Phi) is 6.51. The summed E-state index contributed by atoms with van der Waals surface area (Å²) in [6.45, 7) is 5.54. The van der Waals surface area contributed by atoms with Crippen LogP contribution in [-0.2, 0) is 5.72 Å². The fourth-order valence-electron chi connectivity index (χ4n) is 4.03. The summed E-state index contributed by atoms with van der Waals surface area (Å²) in [5.74, 6) is 2.36. The maximum atomic E-state index is 11.9. The molecule has 2 aliphatic rings. The summed E-state index contributed by atoms with van der Waals surface area (Å²) in [5.41, 5.74) is 3.29. The predicted octanol–water partition coefficient (Wildman–Crippen LogP) is 4.07. The molecule has 2 aromatic rings. The van der Waals surface area contributed by atoms with Crippen LogP contribution in [0.2, 0.25) is 0 Å². The first-order chi connectivity index (χ1) is 13.5. The zero-order valence-corrected chi connectivity index (χ0v) is 19.8. The molecule has 0 aromatic heterocycles. The van der Waals surface area contributed by atoms with Crippen molar-refractivity contribution in [2.45, 2.75) is 26.0 Å². The molecule has 156 valence electrons. The van der Waals surface area contributed by atoms with Gasteiger partial charge in [0.05, 0.1) is 20.8 Å². The van der Waals surface area contributed by atoms with E-state index < -0.39 is 5.72 Å². The lowest BCUT2D eigenvalue weighted by Crippen LogP contribution is -2.41. The zero-order chi connectivity index (χ0) is 19.9. The summed E-state index contributed by atoms with van der Waals surface area (Å²) in [5, 5.41) is 13.0. The fourth-order valence-corrected chi connectivity index (χ4v) is 5.20. The lowest BCUT2D eigenvalue weighted by molar-refractivity contribution is -0.656. The monoisotopic (exact) mass is 479 g/mol. The lowest BCUT2D eigenvalue weighted by Gasteiger charge is -2.25. The van der Waals surface area contributed by atoms with Gasteiger partial charge in [0, 0.05) is 11.3 Å². The Balaban J connectivity index is 0.00000240. The van der Waals surface area contributed by atoms with E-state index in [0.717, 1.165) is 35.1 Å². The van der Waals surface area contributed by atoms with Gasteiger partial charge in [-0.25, -0.2) is 9.48 Å². The fraction of sp³-hybridized carbons (Fsp3) is 0.409. The van der Waals surface area contributed by atoms with Crippen LogP contribution in [0.3, 0.4) is 0 Å². The van der Waals surface area contributed by atoms with E-state index in [4.69, 9.17) is 9.47 Å². The van der Waals surface area contributed by atoms with E-state index in [1.54, 1.807) is 14.2 Å². The highest BCUT2D eigenvalue weighted by Crippen LogP contribution is 2.41. The van der Waals surface area contributed by atoms with Gasteiger partial charge in [0.25, 0.3) is 5.72 Å². The third-order valence-electron chi connectivity index (χ3n) is 5.55. The standard InChI is InChI=1S/C22H27N2O3S.BrH/c1-15-6-7-16(2)18(12-15)23-14-22(25,24-10-5-11-28-21(23)24)17-8-9-19(26-3)20(13-17)27-4;/h6-9,12-13,25H,5,10-11,14H2,1-4H3;1H/q+1;. The van der Waals surface area contributed by atoms with Gasteiger partial charge in [-0.05, 0) is 67.4 Å². The molecule has 2 aliphatic heterocycles. The first-order valence-electron chi connectivity index (χ1n) is 9.55. The first kappa shape index (κ1) is 22.0. The van der Waals surface area contributed by atoms with E-state index in [1.165, 1.54) is 11.1 Å². The van der Waals surface area contributed by atoms with E-state index in [2.05, 4.69) is 41.5 Å². The average Bonchev–Trinajstić information content (AvgIpc) is 3.03. The Morgan fingerprint density at radius 2 is 1.83 bits per heavy atom. The molecule has 2 aromatic carbocycles. The van der Waals surface area contributed by atoms with Crippen molar-refractivity contribution in [2.75, 3.05) is 38.0 Å². The number of thioether (sulfide) groups is 1. The van der Waals surface area contributed by atoms with Gasteiger partial charge in [0.15, 0.2) is 18.0 Å². The van der Waals surface area contributed by atoms with Crippen molar-refractivity contribution in [1.29, 1.82) is 0 Å². The highest BCUT2D eigenvalue weighted by atomic mass is 79.9. The number of rotatable bonds is 4. The van der Waals surface area contributed by atoms with Crippen LogP contribution in [0, 0.1) is 13.8 Å². The predicted molar refractivity (Wildman–Crippen MR) is 124 cm³/mol. The minimum atomic E-state index is -1.11. The summed E-state index contributed by atoms with van der Waals surface area (Å²) >= 11 is 1.82. The maximum absolute atomic E-state index is 11.9. The molecule has 0 amide bonds.